The minimum atomic E-state index is -0.326. The van der Waals surface area contributed by atoms with Gasteiger partial charge in [-0.1, -0.05) is 115 Å². The molecule has 0 spiro atoms. The van der Waals surface area contributed by atoms with Crippen molar-refractivity contribution < 1.29 is 14.2 Å². The fourth-order valence-corrected chi connectivity index (χ4v) is 5.26. The molecule has 1 fully saturated rings. The fraction of sp³-hybridized carbons (Fsp3) is 0.667. The molecule has 2 heterocycles. The van der Waals surface area contributed by atoms with Crippen molar-refractivity contribution in [1.82, 2.24) is 4.98 Å². The Morgan fingerprint density at radius 3 is 2.03 bits per heavy atom. The number of hydrogen-bond donors (Lipinski definition) is 0. The summed E-state index contributed by atoms with van der Waals surface area (Å²) in [5, 5.41) is 0.626. The van der Waals surface area contributed by atoms with Gasteiger partial charge in [0.2, 0.25) is 0 Å². The van der Waals surface area contributed by atoms with Crippen molar-refractivity contribution in [3.63, 3.8) is 0 Å². The van der Waals surface area contributed by atoms with E-state index >= 15 is 0 Å². The molecule has 1 aromatic heterocycles. The van der Waals surface area contributed by atoms with Crippen LogP contribution in [0.1, 0.15) is 122 Å². The van der Waals surface area contributed by atoms with E-state index < -0.39 is 0 Å². The lowest BCUT2D eigenvalue weighted by molar-refractivity contribution is -0.206. The monoisotopic (exact) mass is 543 g/mol. The summed E-state index contributed by atoms with van der Waals surface area (Å²) in [5.74, 6) is 1.24. The number of halogens is 1. The van der Waals surface area contributed by atoms with Crippen molar-refractivity contribution in [3.05, 3.63) is 47.1 Å². The number of aromatic nitrogens is 1. The first-order chi connectivity index (χ1) is 18.7. The van der Waals surface area contributed by atoms with E-state index in [2.05, 4.69) is 18.8 Å². The Hall–Kier alpha value is -1.62. The van der Waals surface area contributed by atoms with Crippen LogP contribution in [0, 0.1) is 5.92 Å². The smallest absolute Gasteiger partial charge is 0.185 e. The molecule has 212 valence electrons. The van der Waals surface area contributed by atoms with Gasteiger partial charge < -0.3 is 14.2 Å². The van der Waals surface area contributed by atoms with E-state index in [1.165, 1.54) is 89.9 Å². The van der Waals surface area contributed by atoms with Gasteiger partial charge in [0, 0.05) is 23.2 Å². The molecule has 0 unspecified atom stereocenters. The molecule has 1 aliphatic rings. The molecule has 5 heteroatoms. The van der Waals surface area contributed by atoms with Crippen LogP contribution < -0.4 is 4.74 Å². The van der Waals surface area contributed by atoms with E-state index in [9.17, 15) is 0 Å². The second kappa shape index (κ2) is 18.6. The first-order valence-corrected chi connectivity index (χ1v) is 15.7. The van der Waals surface area contributed by atoms with Crippen LogP contribution in [-0.2, 0) is 9.47 Å². The van der Waals surface area contributed by atoms with Crippen LogP contribution in [0.25, 0.3) is 11.3 Å². The van der Waals surface area contributed by atoms with Gasteiger partial charge in [0.1, 0.15) is 5.75 Å². The lowest BCUT2D eigenvalue weighted by Gasteiger charge is -2.29. The first-order valence-electron chi connectivity index (χ1n) is 15.3. The molecule has 0 bridgehead atoms. The van der Waals surface area contributed by atoms with Crippen molar-refractivity contribution in [2.24, 2.45) is 5.92 Å². The van der Waals surface area contributed by atoms with Crippen LogP contribution in [0.5, 0.6) is 5.75 Å². The van der Waals surface area contributed by atoms with Gasteiger partial charge in [0.25, 0.3) is 0 Å². The van der Waals surface area contributed by atoms with Crippen LogP contribution in [-0.4, -0.2) is 24.8 Å². The third-order valence-electron chi connectivity index (χ3n) is 7.47. The largest absolute Gasteiger partial charge is 0.492 e. The Morgan fingerprint density at radius 1 is 0.789 bits per heavy atom. The number of nitrogens with zero attached hydrogens (tertiary/aromatic N) is 1. The van der Waals surface area contributed by atoms with Crippen LogP contribution in [0.4, 0.5) is 0 Å². The van der Waals surface area contributed by atoms with Crippen molar-refractivity contribution in [3.8, 4) is 17.0 Å². The van der Waals surface area contributed by atoms with Crippen LogP contribution in [0.15, 0.2) is 36.5 Å². The van der Waals surface area contributed by atoms with Gasteiger partial charge in [-0.3, -0.25) is 4.98 Å². The van der Waals surface area contributed by atoms with Crippen LogP contribution >= 0.6 is 11.6 Å². The molecule has 1 saturated heterocycles. The maximum atomic E-state index is 6.51. The molecule has 3 rings (SSSR count). The lowest BCUT2D eigenvalue weighted by atomic mass is 10.0. The Morgan fingerprint density at radius 2 is 1.42 bits per heavy atom. The average Bonchev–Trinajstić information content (AvgIpc) is 2.95. The Kier molecular flexibility index (Phi) is 15.2. The summed E-state index contributed by atoms with van der Waals surface area (Å²) in [5.41, 5.74) is 2.81. The zero-order valence-corrected chi connectivity index (χ0v) is 24.7. The van der Waals surface area contributed by atoms with Crippen molar-refractivity contribution in [2.45, 2.75) is 116 Å². The van der Waals surface area contributed by atoms with E-state index in [1.807, 2.05) is 36.5 Å². The van der Waals surface area contributed by atoms with E-state index in [1.54, 1.807) is 0 Å². The third kappa shape index (κ3) is 11.2. The molecule has 2 aromatic rings. The normalized spacial score (nSPS) is 17.6. The number of ether oxygens (including phenoxy) is 3. The zero-order chi connectivity index (χ0) is 26.8. The molecule has 0 atom stereocenters. The number of benzene rings is 1. The Bertz CT molecular complexity index is 880. The maximum absolute atomic E-state index is 6.51. The molecule has 0 N–H and O–H groups in total. The van der Waals surface area contributed by atoms with Gasteiger partial charge in [-0.25, -0.2) is 0 Å². The average molecular weight is 544 g/mol. The van der Waals surface area contributed by atoms with Gasteiger partial charge in [0.05, 0.1) is 30.5 Å². The van der Waals surface area contributed by atoms with Gasteiger partial charge in [0.15, 0.2) is 6.29 Å². The fourth-order valence-electron chi connectivity index (χ4n) is 5.03. The minimum absolute atomic E-state index is 0.326. The number of rotatable bonds is 19. The molecule has 38 heavy (non-hydrogen) atoms. The number of hydrogen-bond acceptors (Lipinski definition) is 4. The summed E-state index contributed by atoms with van der Waals surface area (Å²) in [6.07, 6.45) is 21.0. The highest BCUT2D eigenvalue weighted by Crippen LogP contribution is 2.32. The van der Waals surface area contributed by atoms with Crippen LogP contribution in [0.3, 0.4) is 0 Å². The van der Waals surface area contributed by atoms with E-state index in [0.717, 1.165) is 42.2 Å². The summed E-state index contributed by atoms with van der Waals surface area (Å²) in [4.78, 5) is 4.66. The van der Waals surface area contributed by atoms with Gasteiger partial charge >= 0.3 is 0 Å². The van der Waals surface area contributed by atoms with Crippen LogP contribution in [0.2, 0.25) is 5.02 Å². The highest BCUT2D eigenvalue weighted by molar-refractivity contribution is 6.32. The summed E-state index contributed by atoms with van der Waals surface area (Å²) in [7, 11) is 0. The molecule has 0 saturated carbocycles. The summed E-state index contributed by atoms with van der Waals surface area (Å²) in [6.45, 7) is 6.75. The summed E-state index contributed by atoms with van der Waals surface area (Å²) in [6, 6.07) is 9.96. The van der Waals surface area contributed by atoms with Crippen molar-refractivity contribution >= 4 is 11.6 Å². The predicted molar refractivity (Wildman–Crippen MR) is 159 cm³/mol. The lowest BCUT2D eigenvalue weighted by Crippen LogP contribution is -2.27. The highest BCUT2D eigenvalue weighted by Gasteiger charge is 2.23. The zero-order valence-electron chi connectivity index (χ0n) is 23.9. The quantitative estimate of drug-likeness (QED) is 0.165. The van der Waals surface area contributed by atoms with Gasteiger partial charge in [-0.15, -0.1) is 0 Å². The molecule has 0 amide bonds. The standard InChI is InChI=1S/C33H50ClNO3/c1-3-5-7-9-11-12-13-15-17-27-25-37-33(38-26-27)29-18-20-31(35-24-29)28-19-21-32(30(34)23-28)36-22-16-14-10-8-6-4-2/h18-21,23-24,27,33H,3-17,22,25-26H2,1-2H3. The van der Waals surface area contributed by atoms with E-state index in [4.69, 9.17) is 25.8 Å². The number of unbranched alkanes of at least 4 members (excludes halogenated alkanes) is 12. The maximum Gasteiger partial charge on any atom is 0.185 e. The first kappa shape index (κ1) is 30.9. The second-order valence-corrected chi connectivity index (χ2v) is 11.3. The minimum Gasteiger partial charge on any atom is -0.492 e. The molecular weight excluding hydrogens is 494 g/mol. The summed E-state index contributed by atoms with van der Waals surface area (Å²) < 4.78 is 18.0. The molecule has 1 aliphatic heterocycles. The van der Waals surface area contributed by atoms with Gasteiger partial charge in [-0.05, 0) is 37.1 Å². The SMILES string of the molecule is CCCCCCCCCCC1COC(c2ccc(-c3ccc(OCCCCCCCC)c(Cl)c3)nc2)OC1. The van der Waals surface area contributed by atoms with Gasteiger partial charge in [-0.2, -0.15) is 0 Å². The van der Waals surface area contributed by atoms with E-state index in [0.29, 0.717) is 17.5 Å². The molecular formula is C33H50ClNO3. The van der Waals surface area contributed by atoms with E-state index in [-0.39, 0.29) is 6.29 Å². The molecule has 0 aliphatic carbocycles. The Balaban J connectivity index is 1.35. The molecule has 1 aromatic carbocycles. The van der Waals surface area contributed by atoms with Crippen molar-refractivity contribution in [2.75, 3.05) is 19.8 Å². The topological polar surface area (TPSA) is 40.6 Å². The summed E-state index contributed by atoms with van der Waals surface area (Å²) >= 11 is 6.51. The van der Waals surface area contributed by atoms with Crippen molar-refractivity contribution in [1.29, 1.82) is 0 Å². The highest BCUT2D eigenvalue weighted by atomic mass is 35.5. The molecule has 4 nitrogen and oxygen atoms in total. The molecule has 0 radical (unpaired) electrons. The predicted octanol–water partition coefficient (Wildman–Crippen LogP) is 10.3. The second-order valence-electron chi connectivity index (χ2n) is 10.9. The third-order valence-corrected chi connectivity index (χ3v) is 7.77. The number of pyridine rings is 1. The Labute approximate surface area is 236 Å².